The van der Waals surface area contributed by atoms with Gasteiger partial charge in [-0.05, 0) is 32.6 Å². The molecule has 0 aromatic heterocycles. The Kier molecular flexibility index (Phi) is 15.4. The lowest BCUT2D eigenvalue weighted by atomic mass is 10.1. The van der Waals surface area contributed by atoms with Crippen molar-refractivity contribution in [3.05, 3.63) is 0 Å². The van der Waals surface area contributed by atoms with Crippen LogP contribution in [0.2, 0.25) is 0 Å². The molecule has 4 heteroatoms. The first-order valence-corrected chi connectivity index (χ1v) is 9.51. The molecule has 0 saturated heterocycles. The van der Waals surface area contributed by atoms with Crippen LogP contribution in [0.3, 0.4) is 0 Å². The highest BCUT2D eigenvalue weighted by molar-refractivity contribution is 5.80. The molecule has 0 aliphatic carbocycles. The highest BCUT2D eigenvalue weighted by atomic mass is 16.5. The van der Waals surface area contributed by atoms with Gasteiger partial charge in [-0.15, -0.1) is 0 Å². The Morgan fingerprint density at radius 1 is 0.870 bits per heavy atom. The average molecular weight is 328 g/mol. The van der Waals surface area contributed by atoms with Gasteiger partial charge in [0.1, 0.15) is 5.78 Å². The van der Waals surface area contributed by atoms with E-state index in [9.17, 15) is 9.59 Å². The number of rotatable bonds is 16. The maximum absolute atomic E-state index is 11.7. The number of carbonyl (C=O) groups is 2. The molecule has 2 N–H and O–H groups in total. The molecular weight excluding hydrogens is 290 g/mol. The topological polar surface area (TPSA) is 69.4 Å². The summed E-state index contributed by atoms with van der Waals surface area (Å²) < 4.78 is 5.43. The first-order valence-electron chi connectivity index (χ1n) is 9.51. The number of hydrogen-bond donors (Lipinski definition) is 1. The predicted molar refractivity (Wildman–Crippen MR) is 95.3 cm³/mol. The Balaban J connectivity index is 3.40. The predicted octanol–water partition coefficient (Wildman–Crippen LogP) is 4.54. The van der Waals surface area contributed by atoms with Crippen LogP contribution >= 0.6 is 0 Å². The molecule has 0 rings (SSSR count). The van der Waals surface area contributed by atoms with Gasteiger partial charge in [-0.25, -0.2) is 0 Å². The summed E-state index contributed by atoms with van der Waals surface area (Å²) >= 11 is 0. The molecule has 0 fully saturated rings. The largest absolute Gasteiger partial charge is 0.463 e. The van der Waals surface area contributed by atoms with E-state index < -0.39 is 0 Å². The summed E-state index contributed by atoms with van der Waals surface area (Å²) in [5, 5.41) is 0. The second kappa shape index (κ2) is 16.0. The molecule has 0 heterocycles. The van der Waals surface area contributed by atoms with E-state index in [2.05, 4.69) is 6.92 Å². The SMILES string of the molecule is CCCCCCCC(C)OC(=O)CCCCCCCC(=O)CN. The van der Waals surface area contributed by atoms with Crippen LogP contribution in [-0.4, -0.2) is 24.4 Å². The zero-order valence-corrected chi connectivity index (χ0v) is 15.3. The Bertz CT molecular complexity index is 305. The first kappa shape index (κ1) is 22.1. The van der Waals surface area contributed by atoms with Gasteiger partial charge in [-0.2, -0.15) is 0 Å². The molecule has 4 nitrogen and oxygen atoms in total. The number of nitrogens with two attached hydrogens (primary N) is 1. The molecule has 0 aliphatic heterocycles. The van der Waals surface area contributed by atoms with Crippen LogP contribution in [-0.2, 0) is 14.3 Å². The number of Topliss-reactive ketones (excluding diaryl/α,β-unsaturated/α-hetero) is 1. The van der Waals surface area contributed by atoms with Gasteiger partial charge in [0.15, 0.2) is 0 Å². The smallest absolute Gasteiger partial charge is 0.306 e. The third kappa shape index (κ3) is 15.8. The fraction of sp³-hybridized carbons (Fsp3) is 0.895. The second-order valence-corrected chi connectivity index (χ2v) is 6.51. The lowest BCUT2D eigenvalue weighted by Gasteiger charge is -2.13. The van der Waals surface area contributed by atoms with Crippen LogP contribution in [0.4, 0.5) is 0 Å². The molecule has 0 spiro atoms. The fourth-order valence-electron chi connectivity index (χ4n) is 2.60. The monoisotopic (exact) mass is 327 g/mol. The Hall–Kier alpha value is -0.900. The van der Waals surface area contributed by atoms with Crippen molar-refractivity contribution in [2.45, 2.75) is 103 Å². The van der Waals surface area contributed by atoms with Gasteiger partial charge in [-0.1, -0.05) is 51.9 Å². The third-order valence-corrected chi connectivity index (χ3v) is 4.11. The minimum Gasteiger partial charge on any atom is -0.463 e. The van der Waals surface area contributed by atoms with Crippen molar-refractivity contribution >= 4 is 11.8 Å². The van der Waals surface area contributed by atoms with Crippen molar-refractivity contribution in [1.82, 2.24) is 0 Å². The molecule has 0 aromatic rings. The average Bonchev–Trinajstić information content (AvgIpc) is 2.53. The first-order chi connectivity index (χ1) is 11.1. The molecule has 1 unspecified atom stereocenters. The lowest BCUT2D eigenvalue weighted by molar-refractivity contribution is -0.148. The van der Waals surface area contributed by atoms with Crippen molar-refractivity contribution in [2.24, 2.45) is 5.73 Å². The van der Waals surface area contributed by atoms with E-state index in [1.165, 1.54) is 25.7 Å². The van der Waals surface area contributed by atoms with Gasteiger partial charge in [-0.3, -0.25) is 9.59 Å². The molecule has 0 bridgehead atoms. The molecule has 1 atom stereocenters. The normalized spacial score (nSPS) is 12.1. The summed E-state index contributed by atoms with van der Waals surface area (Å²) in [6.07, 6.45) is 13.3. The Labute approximate surface area is 142 Å². The van der Waals surface area contributed by atoms with E-state index in [4.69, 9.17) is 10.5 Å². The van der Waals surface area contributed by atoms with Crippen molar-refractivity contribution in [2.75, 3.05) is 6.54 Å². The second-order valence-electron chi connectivity index (χ2n) is 6.51. The fourth-order valence-corrected chi connectivity index (χ4v) is 2.60. The van der Waals surface area contributed by atoms with Crippen LogP contribution in [0, 0.1) is 0 Å². The third-order valence-electron chi connectivity index (χ3n) is 4.11. The summed E-state index contributed by atoms with van der Waals surface area (Å²) in [7, 11) is 0. The molecule has 0 aromatic carbocycles. The van der Waals surface area contributed by atoms with Crippen LogP contribution in [0.5, 0.6) is 0 Å². The van der Waals surface area contributed by atoms with Crippen LogP contribution in [0.1, 0.15) is 97.3 Å². The van der Waals surface area contributed by atoms with Crippen LogP contribution in [0.25, 0.3) is 0 Å². The Morgan fingerprint density at radius 3 is 2.09 bits per heavy atom. The minimum atomic E-state index is -0.0654. The van der Waals surface area contributed by atoms with Crippen molar-refractivity contribution in [3.8, 4) is 0 Å². The molecule has 0 amide bonds. The number of hydrogen-bond acceptors (Lipinski definition) is 4. The van der Waals surface area contributed by atoms with Crippen LogP contribution < -0.4 is 5.73 Å². The highest BCUT2D eigenvalue weighted by Gasteiger charge is 2.09. The maximum atomic E-state index is 11.7. The highest BCUT2D eigenvalue weighted by Crippen LogP contribution is 2.12. The van der Waals surface area contributed by atoms with E-state index in [-0.39, 0.29) is 24.4 Å². The van der Waals surface area contributed by atoms with Crippen molar-refractivity contribution < 1.29 is 14.3 Å². The molecule has 23 heavy (non-hydrogen) atoms. The summed E-state index contributed by atoms with van der Waals surface area (Å²) in [5.74, 6) is 0.0710. The summed E-state index contributed by atoms with van der Waals surface area (Å²) in [6.45, 7) is 4.36. The molecule has 0 radical (unpaired) electrons. The zero-order chi connectivity index (χ0) is 17.3. The molecule has 0 saturated carbocycles. The van der Waals surface area contributed by atoms with E-state index >= 15 is 0 Å². The van der Waals surface area contributed by atoms with Crippen LogP contribution in [0.15, 0.2) is 0 Å². The van der Waals surface area contributed by atoms with Gasteiger partial charge in [0.2, 0.25) is 0 Å². The lowest BCUT2D eigenvalue weighted by Crippen LogP contribution is -2.14. The summed E-state index contributed by atoms with van der Waals surface area (Å²) in [4.78, 5) is 22.8. The molecule has 136 valence electrons. The van der Waals surface area contributed by atoms with Gasteiger partial charge < -0.3 is 10.5 Å². The van der Waals surface area contributed by atoms with E-state index in [0.717, 1.165) is 44.9 Å². The summed E-state index contributed by atoms with van der Waals surface area (Å²) in [5.41, 5.74) is 5.26. The maximum Gasteiger partial charge on any atom is 0.306 e. The number of carbonyl (C=O) groups excluding carboxylic acids is 2. The molecule has 0 aliphatic rings. The standard InChI is InChI=1S/C19H37NO3/c1-3-4-5-7-10-13-17(2)23-19(22)15-12-9-6-8-11-14-18(21)16-20/h17H,3-16,20H2,1-2H3. The number of ketones is 1. The van der Waals surface area contributed by atoms with Gasteiger partial charge in [0.05, 0.1) is 12.6 Å². The number of ether oxygens (including phenoxy) is 1. The van der Waals surface area contributed by atoms with E-state index in [0.29, 0.717) is 12.8 Å². The zero-order valence-electron chi connectivity index (χ0n) is 15.3. The van der Waals surface area contributed by atoms with E-state index in [1.54, 1.807) is 0 Å². The van der Waals surface area contributed by atoms with Gasteiger partial charge >= 0.3 is 5.97 Å². The number of esters is 1. The van der Waals surface area contributed by atoms with Crippen molar-refractivity contribution in [1.29, 1.82) is 0 Å². The molecular formula is C19H37NO3. The van der Waals surface area contributed by atoms with Crippen molar-refractivity contribution in [3.63, 3.8) is 0 Å². The number of unbranched alkanes of at least 4 members (excludes halogenated alkanes) is 8. The Morgan fingerprint density at radius 2 is 1.43 bits per heavy atom. The quantitative estimate of drug-likeness (QED) is 0.334. The minimum absolute atomic E-state index is 0.0476. The summed E-state index contributed by atoms with van der Waals surface area (Å²) in [6, 6.07) is 0. The van der Waals surface area contributed by atoms with Gasteiger partial charge in [0, 0.05) is 12.8 Å². The van der Waals surface area contributed by atoms with Gasteiger partial charge in [0.25, 0.3) is 0 Å². The van der Waals surface area contributed by atoms with E-state index in [1.807, 2.05) is 6.92 Å².